The minimum atomic E-state index is -7.68. The lowest BCUT2D eigenvalue weighted by Gasteiger charge is -2.41. The first-order valence-electron chi connectivity index (χ1n) is 8.24. The van der Waals surface area contributed by atoms with Crippen LogP contribution in [0.25, 0.3) is 0 Å². The molecule has 0 saturated carbocycles. The quantitative estimate of drug-likeness (QED) is 0.359. The predicted octanol–water partition coefficient (Wildman–Crippen LogP) is 6.28. The molecule has 0 aromatic heterocycles. The van der Waals surface area contributed by atoms with Crippen LogP contribution in [-0.2, 0) is 11.8 Å². The third-order valence-electron chi connectivity index (χ3n) is 4.47. The summed E-state index contributed by atoms with van der Waals surface area (Å²) in [5, 5.41) is 0. The van der Waals surface area contributed by atoms with Gasteiger partial charge in [0.2, 0.25) is 0 Å². The Morgan fingerprint density at radius 1 is 0.438 bits per heavy atom. The van der Waals surface area contributed by atoms with E-state index in [-0.39, 0.29) is 24.3 Å². The Morgan fingerprint density at radius 2 is 0.719 bits per heavy atom. The normalized spacial score (nSPS) is 14.5. The number of halogens is 12. The maximum Gasteiger partial charge on any atom is 0.385 e. The largest absolute Gasteiger partial charge is 0.399 e. The summed E-state index contributed by atoms with van der Waals surface area (Å²) < 4.78 is 169. The zero-order chi connectivity index (χ0) is 25.0. The van der Waals surface area contributed by atoms with Crippen LogP contribution in [0.1, 0.15) is 11.1 Å². The lowest BCUT2D eigenvalue weighted by atomic mass is 9.87. The van der Waals surface area contributed by atoms with Gasteiger partial charge in [-0.25, -0.2) is 0 Å². The molecule has 0 aliphatic carbocycles. The monoisotopic (exact) mass is 484 g/mol. The SMILES string of the molecule is Nc1cccc(C(F)(F)C(F)(F)C(F)(F)C(F)(F)C(F)(F)C(F)(F)c2cccc(N)c2)c1. The molecule has 2 nitrogen and oxygen atoms in total. The number of nitrogen functional groups attached to an aromatic ring is 2. The standard InChI is InChI=1S/C18H12F12N2/c19-13(20,9-3-1-5-11(31)7-9)15(23,24)17(27,28)18(29,30)16(25,26)14(21,22)10-4-2-6-12(32)8-10/h1-8H,31-32H2. The second-order valence-corrected chi connectivity index (χ2v) is 6.70. The highest BCUT2D eigenvalue weighted by Gasteiger charge is 2.90. The third kappa shape index (κ3) is 3.39. The fraction of sp³-hybridized carbons (Fsp3) is 0.333. The van der Waals surface area contributed by atoms with Crippen molar-refractivity contribution in [2.24, 2.45) is 0 Å². The molecular formula is C18H12F12N2. The highest BCUT2D eigenvalue weighted by molar-refractivity contribution is 5.44. The molecule has 0 aliphatic heterocycles. The van der Waals surface area contributed by atoms with Gasteiger partial charge in [0.15, 0.2) is 0 Å². The van der Waals surface area contributed by atoms with E-state index < -0.39 is 58.0 Å². The molecule has 0 unspecified atom stereocenters. The molecule has 178 valence electrons. The molecule has 4 N–H and O–H groups in total. The molecule has 0 heterocycles. The highest BCUT2D eigenvalue weighted by Crippen LogP contribution is 2.63. The van der Waals surface area contributed by atoms with Crippen LogP contribution in [-0.4, -0.2) is 23.7 Å². The van der Waals surface area contributed by atoms with Gasteiger partial charge in [-0.2, -0.15) is 52.7 Å². The first-order valence-corrected chi connectivity index (χ1v) is 8.24. The molecule has 2 aromatic carbocycles. The van der Waals surface area contributed by atoms with Gasteiger partial charge in [0.25, 0.3) is 0 Å². The van der Waals surface area contributed by atoms with Crippen molar-refractivity contribution in [1.82, 2.24) is 0 Å². The maximum absolute atomic E-state index is 14.1. The van der Waals surface area contributed by atoms with Crippen LogP contribution in [0.3, 0.4) is 0 Å². The zero-order valence-electron chi connectivity index (χ0n) is 15.3. The highest BCUT2D eigenvalue weighted by atomic mass is 19.4. The lowest BCUT2D eigenvalue weighted by molar-refractivity contribution is -0.429. The number of nitrogens with two attached hydrogens (primary N) is 2. The zero-order valence-corrected chi connectivity index (χ0v) is 15.3. The summed E-state index contributed by atoms with van der Waals surface area (Å²) in [6.07, 6.45) is 0. The van der Waals surface area contributed by atoms with Crippen molar-refractivity contribution in [3.63, 3.8) is 0 Å². The summed E-state index contributed by atoms with van der Waals surface area (Å²) in [7, 11) is 0. The van der Waals surface area contributed by atoms with Gasteiger partial charge in [0.1, 0.15) is 0 Å². The van der Waals surface area contributed by atoms with Gasteiger partial charge < -0.3 is 11.5 Å². The summed E-state index contributed by atoms with van der Waals surface area (Å²) in [5.74, 6) is -42.3. The van der Waals surface area contributed by atoms with Gasteiger partial charge in [0.05, 0.1) is 0 Å². The fourth-order valence-electron chi connectivity index (χ4n) is 2.62. The van der Waals surface area contributed by atoms with E-state index >= 15 is 0 Å². The maximum atomic E-state index is 14.1. The Hall–Kier alpha value is -2.80. The fourth-order valence-corrected chi connectivity index (χ4v) is 2.62. The van der Waals surface area contributed by atoms with Crippen molar-refractivity contribution in [3.8, 4) is 0 Å². The molecule has 0 saturated heterocycles. The predicted molar refractivity (Wildman–Crippen MR) is 89.3 cm³/mol. The van der Waals surface area contributed by atoms with E-state index in [0.29, 0.717) is 12.1 Å². The molecule has 32 heavy (non-hydrogen) atoms. The first kappa shape index (κ1) is 25.5. The number of hydrogen-bond donors (Lipinski definition) is 2. The Bertz CT molecular complexity index is 908. The number of hydrogen-bond acceptors (Lipinski definition) is 2. The molecule has 0 spiro atoms. The number of anilines is 2. The van der Waals surface area contributed by atoms with Gasteiger partial charge in [0, 0.05) is 22.5 Å². The van der Waals surface area contributed by atoms with E-state index in [1.165, 1.54) is 0 Å². The number of benzene rings is 2. The molecule has 0 fully saturated rings. The smallest absolute Gasteiger partial charge is 0.385 e. The van der Waals surface area contributed by atoms with Crippen LogP contribution >= 0.6 is 0 Å². The van der Waals surface area contributed by atoms with Gasteiger partial charge in [-0.15, -0.1) is 0 Å². The van der Waals surface area contributed by atoms with Crippen molar-refractivity contribution in [3.05, 3.63) is 59.7 Å². The molecule has 0 radical (unpaired) electrons. The number of alkyl halides is 12. The molecule has 0 amide bonds. The summed E-state index contributed by atoms with van der Waals surface area (Å²) in [4.78, 5) is 0. The molecule has 0 bridgehead atoms. The Balaban J connectivity index is 2.63. The molecule has 2 aromatic rings. The first-order chi connectivity index (χ1) is 14.2. The van der Waals surface area contributed by atoms with Crippen molar-refractivity contribution < 1.29 is 52.7 Å². The van der Waals surface area contributed by atoms with Gasteiger partial charge in [-0.3, -0.25) is 0 Å². The van der Waals surface area contributed by atoms with Crippen molar-refractivity contribution in [2.75, 3.05) is 11.5 Å². The lowest BCUT2D eigenvalue weighted by Crippen LogP contribution is -2.69. The van der Waals surface area contributed by atoms with E-state index in [1.807, 2.05) is 0 Å². The van der Waals surface area contributed by atoms with Crippen LogP contribution in [0.15, 0.2) is 48.5 Å². The van der Waals surface area contributed by atoms with Crippen molar-refractivity contribution in [2.45, 2.75) is 35.5 Å². The van der Waals surface area contributed by atoms with E-state index in [4.69, 9.17) is 11.5 Å². The molecule has 0 aliphatic rings. The van der Waals surface area contributed by atoms with Crippen LogP contribution in [0.2, 0.25) is 0 Å². The molecule has 2 rings (SSSR count). The van der Waals surface area contributed by atoms with E-state index in [9.17, 15) is 52.7 Å². The summed E-state index contributed by atoms with van der Waals surface area (Å²) in [6, 6.07) is 2.97. The summed E-state index contributed by atoms with van der Waals surface area (Å²) >= 11 is 0. The molecular weight excluding hydrogens is 472 g/mol. The Labute approximate surface area is 171 Å². The van der Waals surface area contributed by atoms with E-state index in [0.717, 1.165) is 12.1 Å². The summed E-state index contributed by atoms with van der Waals surface area (Å²) in [6.45, 7) is 0. The number of rotatable bonds is 7. The molecule has 0 atom stereocenters. The minimum Gasteiger partial charge on any atom is -0.399 e. The van der Waals surface area contributed by atoms with E-state index in [2.05, 4.69) is 0 Å². The average Bonchev–Trinajstić information content (AvgIpc) is 2.67. The second-order valence-electron chi connectivity index (χ2n) is 6.70. The average molecular weight is 484 g/mol. The molecule has 14 heteroatoms. The van der Waals surface area contributed by atoms with Gasteiger partial charge in [-0.1, -0.05) is 24.3 Å². The topological polar surface area (TPSA) is 52.0 Å². The minimum absolute atomic E-state index is 0.00161. The second kappa shape index (κ2) is 7.37. The van der Waals surface area contributed by atoms with Crippen molar-refractivity contribution in [1.29, 1.82) is 0 Å². The van der Waals surface area contributed by atoms with Gasteiger partial charge >= 0.3 is 35.5 Å². The van der Waals surface area contributed by atoms with E-state index in [1.54, 1.807) is 0 Å². The Morgan fingerprint density at radius 3 is 0.969 bits per heavy atom. The van der Waals surface area contributed by atoms with Crippen LogP contribution in [0.4, 0.5) is 64.1 Å². The summed E-state index contributed by atoms with van der Waals surface area (Å²) in [5.41, 5.74) is 4.65. The van der Waals surface area contributed by atoms with Gasteiger partial charge in [-0.05, 0) is 24.3 Å². The Kier molecular flexibility index (Phi) is 5.87. The van der Waals surface area contributed by atoms with Crippen LogP contribution in [0, 0.1) is 0 Å². The van der Waals surface area contributed by atoms with Crippen molar-refractivity contribution >= 4 is 11.4 Å². The third-order valence-corrected chi connectivity index (χ3v) is 4.47. The van der Waals surface area contributed by atoms with Crippen LogP contribution in [0.5, 0.6) is 0 Å². The van der Waals surface area contributed by atoms with Crippen LogP contribution < -0.4 is 11.5 Å².